The van der Waals surface area contributed by atoms with Crippen molar-refractivity contribution >= 4 is 10.9 Å². The van der Waals surface area contributed by atoms with Crippen LogP contribution in [-0.2, 0) is 19.5 Å². The quantitative estimate of drug-likeness (QED) is 0.756. The molecule has 4 rings (SSSR count). The van der Waals surface area contributed by atoms with Gasteiger partial charge in [0.2, 0.25) is 0 Å². The van der Waals surface area contributed by atoms with Crippen LogP contribution in [0.3, 0.4) is 0 Å². The lowest BCUT2D eigenvalue weighted by Crippen LogP contribution is -2.25. The van der Waals surface area contributed by atoms with Gasteiger partial charge in [0.1, 0.15) is 0 Å². The fourth-order valence-corrected chi connectivity index (χ4v) is 3.56. The number of hydrogen-bond donors (Lipinski definition) is 1. The van der Waals surface area contributed by atoms with Gasteiger partial charge < -0.3 is 9.88 Å². The van der Waals surface area contributed by atoms with Crippen LogP contribution in [-0.4, -0.2) is 11.1 Å². The first-order chi connectivity index (χ1) is 10.3. The molecule has 1 aliphatic rings. The normalized spacial score (nSPS) is 14.3. The van der Waals surface area contributed by atoms with Crippen LogP contribution in [0.15, 0.2) is 48.5 Å². The van der Waals surface area contributed by atoms with E-state index in [4.69, 9.17) is 0 Å². The van der Waals surface area contributed by atoms with Crippen LogP contribution < -0.4 is 5.32 Å². The fourth-order valence-electron chi connectivity index (χ4n) is 3.56. The lowest BCUT2D eigenvalue weighted by molar-refractivity contribution is 0.602. The van der Waals surface area contributed by atoms with Gasteiger partial charge in [0.25, 0.3) is 0 Å². The van der Waals surface area contributed by atoms with Crippen LogP contribution >= 0.6 is 0 Å². The predicted octanol–water partition coefficient (Wildman–Crippen LogP) is 3.64. The van der Waals surface area contributed by atoms with Crippen molar-refractivity contribution < 1.29 is 0 Å². The summed E-state index contributed by atoms with van der Waals surface area (Å²) in [4.78, 5) is 0. The summed E-state index contributed by atoms with van der Waals surface area (Å²) in [5.41, 5.74) is 7.17. The predicted molar refractivity (Wildman–Crippen MR) is 87.6 cm³/mol. The lowest BCUT2D eigenvalue weighted by atomic mass is 10.0. The number of rotatable bonds is 2. The molecule has 0 atom stereocenters. The topological polar surface area (TPSA) is 17.0 Å². The van der Waals surface area contributed by atoms with Gasteiger partial charge in [-0.25, -0.2) is 0 Å². The summed E-state index contributed by atoms with van der Waals surface area (Å²) >= 11 is 0. The van der Waals surface area contributed by atoms with Crippen LogP contribution in [0.1, 0.15) is 22.4 Å². The van der Waals surface area contributed by atoms with Gasteiger partial charge in [0.05, 0.1) is 0 Å². The molecule has 0 radical (unpaired) electrons. The Bertz CT molecular complexity index is 784. The Morgan fingerprint density at radius 3 is 2.76 bits per heavy atom. The highest BCUT2D eigenvalue weighted by Crippen LogP contribution is 2.31. The largest absolute Gasteiger partial charge is 0.339 e. The zero-order valence-electron chi connectivity index (χ0n) is 12.4. The Morgan fingerprint density at radius 2 is 1.90 bits per heavy atom. The van der Waals surface area contributed by atoms with Crippen molar-refractivity contribution in [1.29, 1.82) is 0 Å². The molecule has 0 amide bonds. The van der Waals surface area contributed by atoms with Crippen LogP contribution in [0.5, 0.6) is 0 Å². The van der Waals surface area contributed by atoms with Crippen molar-refractivity contribution in [2.24, 2.45) is 0 Å². The van der Waals surface area contributed by atoms with Gasteiger partial charge in [-0.05, 0) is 42.6 Å². The number of nitrogens with zero attached hydrogens (tertiary/aromatic N) is 1. The Morgan fingerprint density at radius 1 is 1.05 bits per heavy atom. The molecule has 1 N–H and O–H groups in total. The third-order valence-electron chi connectivity index (χ3n) is 4.55. The minimum atomic E-state index is 0.956. The van der Waals surface area contributed by atoms with Gasteiger partial charge in [-0.3, -0.25) is 0 Å². The van der Waals surface area contributed by atoms with E-state index < -0.39 is 0 Å². The van der Waals surface area contributed by atoms with Crippen LogP contribution in [0.2, 0.25) is 0 Å². The second kappa shape index (κ2) is 5.05. The minimum absolute atomic E-state index is 0.956. The third kappa shape index (κ3) is 2.07. The number of nitrogens with one attached hydrogen (secondary N) is 1. The maximum absolute atomic E-state index is 3.53. The van der Waals surface area contributed by atoms with Crippen molar-refractivity contribution in [3.05, 3.63) is 70.9 Å². The SMILES string of the molecule is Cc1cccc2c1c1c(n2Cc2ccccc2)CNCC1. The summed E-state index contributed by atoms with van der Waals surface area (Å²) in [7, 11) is 0. The van der Waals surface area contributed by atoms with E-state index in [1.54, 1.807) is 5.56 Å². The molecular weight excluding hydrogens is 256 g/mol. The van der Waals surface area contributed by atoms with Crippen molar-refractivity contribution in [1.82, 2.24) is 9.88 Å². The monoisotopic (exact) mass is 276 g/mol. The highest BCUT2D eigenvalue weighted by atomic mass is 15.0. The Kier molecular flexibility index (Phi) is 3.04. The molecular formula is C19H20N2. The molecule has 2 heteroatoms. The Hall–Kier alpha value is -2.06. The molecule has 2 heterocycles. The Balaban J connectivity index is 1.93. The molecule has 2 nitrogen and oxygen atoms in total. The van der Waals surface area contributed by atoms with Gasteiger partial charge in [-0.15, -0.1) is 0 Å². The molecule has 106 valence electrons. The first-order valence-corrected chi connectivity index (χ1v) is 7.69. The van der Waals surface area contributed by atoms with E-state index in [2.05, 4.69) is 65.3 Å². The first-order valence-electron chi connectivity index (χ1n) is 7.69. The molecule has 1 aromatic heterocycles. The molecule has 0 spiro atoms. The zero-order valence-corrected chi connectivity index (χ0v) is 12.4. The lowest BCUT2D eigenvalue weighted by Gasteiger charge is -2.17. The van der Waals surface area contributed by atoms with Crippen LogP contribution in [0.25, 0.3) is 10.9 Å². The molecule has 0 aliphatic carbocycles. The zero-order chi connectivity index (χ0) is 14.2. The smallest absolute Gasteiger partial charge is 0.0491 e. The molecule has 3 aromatic rings. The highest BCUT2D eigenvalue weighted by Gasteiger charge is 2.20. The van der Waals surface area contributed by atoms with E-state index in [-0.39, 0.29) is 0 Å². The standard InChI is InChI=1S/C19H20N2/c1-14-6-5-9-17-19(14)16-10-11-20-12-18(16)21(17)13-15-7-3-2-4-8-15/h2-9,20H,10-13H2,1H3. The maximum atomic E-state index is 3.53. The van der Waals surface area contributed by atoms with Crippen molar-refractivity contribution in [2.75, 3.05) is 6.54 Å². The summed E-state index contributed by atoms with van der Waals surface area (Å²) in [6, 6.07) is 17.4. The molecule has 2 aromatic carbocycles. The summed E-state index contributed by atoms with van der Waals surface area (Å²) in [5.74, 6) is 0. The molecule has 0 saturated heterocycles. The second-order valence-corrected chi connectivity index (χ2v) is 5.89. The number of fused-ring (bicyclic) bond motifs is 3. The summed E-state index contributed by atoms with van der Waals surface area (Å²) in [5, 5.41) is 5.00. The molecule has 21 heavy (non-hydrogen) atoms. The summed E-state index contributed by atoms with van der Waals surface area (Å²) < 4.78 is 2.50. The van der Waals surface area contributed by atoms with Crippen LogP contribution in [0, 0.1) is 6.92 Å². The number of aromatic nitrogens is 1. The van der Waals surface area contributed by atoms with Gasteiger partial charge in [-0.2, -0.15) is 0 Å². The first kappa shape index (κ1) is 12.7. The number of hydrogen-bond acceptors (Lipinski definition) is 1. The fraction of sp³-hybridized carbons (Fsp3) is 0.263. The van der Waals surface area contributed by atoms with Crippen molar-refractivity contribution in [3.8, 4) is 0 Å². The van der Waals surface area contributed by atoms with E-state index in [1.165, 1.54) is 27.7 Å². The molecule has 0 unspecified atom stereocenters. The van der Waals surface area contributed by atoms with E-state index in [0.29, 0.717) is 0 Å². The molecule has 0 saturated carbocycles. The second-order valence-electron chi connectivity index (χ2n) is 5.89. The number of aryl methyl sites for hydroxylation is 1. The molecule has 0 bridgehead atoms. The summed E-state index contributed by atoms with van der Waals surface area (Å²) in [6.07, 6.45) is 1.14. The molecule has 1 aliphatic heterocycles. The molecule has 0 fully saturated rings. The minimum Gasteiger partial charge on any atom is -0.339 e. The van der Waals surface area contributed by atoms with Crippen molar-refractivity contribution in [2.45, 2.75) is 26.4 Å². The van der Waals surface area contributed by atoms with Gasteiger partial charge in [0, 0.05) is 29.7 Å². The average Bonchev–Trinajstić information content (AvgIpc) is 2.84. The van der Waals surface area contributed by atoms with E-state index in [0.717, 1.165) is 26.1 Å². The van der Waals surface area contributed by atoms with E-state index >= 15 is 0 Å². The highest BCUT2D eigenvalue weighted by molar-refractivity contribution is 5.89. The third-order valence-corrected chi connectivity index (χ3v) is 4.55. The van der Waals surface area contributed by atoms with Crippen LogP contribution in [0.4, 0.5) is 0 Å². The van der Waals surface area contributed by atoms with Gasteiger partial charge >= 0.3 is 0 Å². The van der Waals surface area contributed by atoms with Gasteiger partial charge in [0.15, 0.2) is 0 Å². The van der Waals surface area contributed by atoms with Crippen molar-refractivity contribution in [3.63, 3.8) is 0 Å². The van der Waals surface area contributed by atoms with E-state index in [9.17, 15) is 0 Å². The summed E-state index contributed by atoms with van der Waals surface area (Å²) in [6.45, 7) is 5.26. The van der Waals surface area contributed by atoms with Gasteiger partial charge in [-0.1, -0.05) is 42.5 Å². The maximum Gasteiger partial charge on any atom is 0.0491 e. The van der Waals surface area contributed by atoms with E-state index in [1.807, 2.05) is 0 Å². The average molecular weight is 276 g/mol. The number of benzene rings is 2. The Labute approximate surface area is 125 Å².